The minimum atomic E-state index is 0.697. The van der Waals surface area contributed by atoms with E-state index < -0.39 is 0 Å². The number of methoxy groups -OCH3 is 1. The second kappa shape index (κ2) is 7.88. The quantitative estimate of drug-likeness (QED) is 0.812. The Labute approximate surface area is 168 Å². The van der Waals surface area contributed by atoms with E-state index in [9.17, 15) is 0 Å². The summed E-state index contributed by atoms with van der Waals surface area (Å²) in [6.07, 6.45) is 9.11. The van der Waals surface area contributed by atoms with Gasteiger partial charge in [-0.25, -0.2) is 0 Å². The molecule has 5 rings (SSSR count). The van der Waals surface area contributed by atoms with Crippen LogP contribution in [0.15, 0.2) is 30.5 Å². The van der Waals surface area contributed by atoms with Crippen LogP contribution in [0.25, 0.3) is 10.9 Å². The van der Waals surface area contributed by atoms with Gasteiger partial charge in [0.05, 0.1) is 12.6 Å². The third kappa shape index (κ3) is 3.46. The molecule has 0 bridgehead atoms. The minimum Gasteiger partial charge on any atom is -0.497 e. The van der Waals surface area contributed by atoms with Crippen LogP contribution in [0.5, 0.6) is 5.75 Å². The van der Waals surface area contributed by atoms with Crippen molar-refractivity contribution in [1.29, 1.82) is 0 Å². The summed E-state index contributed by atoms with van der Waals surface area (Å²) in [7, 11) is 1.73. The number of fused-ring (bicyclic) bond motifs is 1. The molecular formula is C23H32N4O. The van der Waals surface area contributed by atoms with Gasteiger partial charge in [-0.1, -0.05) is 19.3 Å². The number of hydrogen-bond acceptors (Lipinski definition) is 5. The molecule has 2 aliphatic heterocycles. The molecule has 5 nitrogen and oxygen atoms in total. The van der Waals surface area contributed by atoms with E-state index in [1.165, 1.54) is 69.4 Å². The van der Waals surface area contributed by atoms with E-state index >= 15 is 0 Å². The summed E-state index contributed by atoms with van der Waals surface area (Å²) in [6.45, 7) is 7.24. The van der Waals surface area contributed by atoms with Gasteiger partial charge in [-0.2, -0.15) is 0 Å². The van der Waals surface area contributed by atoms with Gasteiger partial charge in [0.2, 0.25) is 0 Å². The largest absolute Gasteiger partial charge is 0.497 e. The Hall–Kier alpha value is -1.85. The molecule has 150 valence electrons. The standard InChI is InChI=1S/C23H32N4O/c1-28-20-7-8-22-21(15-20)23(9-10-24-22)27-16-19(17-27)26-13-11-25(12-14-26)18-5-3-2-4-6-18/h7-10,15,18-19H,2-6,11-14,16-17H2,1H3. The fourth-order valence-electron chi connectivity index (χ4n) is 5.31. The molecular weight excluding hydrogens is 348 g/mol. The first-order valence-electron chi connectivity index (χ1n) is 11.0. The molecule has 3 heterocycles. The van der Waals surface area contributed by atoms with Crippen molar-refractivity contribution in [3.8, 4) is 5.75 Å². The van der Waals surface area contributed by atoms with Crippen molar-refractivity contribution in [3.63, 3.8) is 0 Å². The Morgan fingerprint density at radius 3 is 2.32 bits per heavy atom. The normalized spacial score (nSPS) is 23.1. The molecule has 3 fully saturated rings. The highest BCUT2D eigenvalue weighted by atomic mass is 16.5. The third-order valence-electron chi connectivity index (χ3n) is 7.09. The number of ether oxygens (including phenoxy) is 1. The fourth-order valence-corrected chi connectivity index (χ4v) is 5.31. The molecule has 28 heavy (non-hydrogen) atoms. The average molecular weight is 381 g/mol. The summed E-state index contributed by atoms with van der Waals surface area (Å²) in [4.78, 5) is 12.5. The predicted octanol–water partition coefficient (Wildman–Crippen LogP) is 3.38. The van der Waals surface area contributed by atoms with E-state index in [1.54, 1.807) is 7.11 Å². The summed E-state index contributed by atoms with van der Waals surface area (Å²) in [5.74, 6) is 0.901. The van der Waals surface area contributed by atoms with Gasteiger partial charge in [0.15, 0.2) is 0 Å². The fraction of sp³-hybridized carbons (Fsp3) is 0.609. The van der Waals surface area contributed by atoms with Gasteiger partial charge in [-0.15, -0.1) is 0 Å². The predicted molar refractivity (Wildman–Crippen MR) is 114 cm³/mol. The molecule has 0 unspecified atom stereocenters. The smallest absolute Gasteiger partial charge is 0.119 e. The van der Waals surface area contributed by atoms with Crippen molar-refractivity contribution in [1.82, 2.24) is 14.8 Å². The highest BCUT2D eigenvalue weighted by Crippen LogP contribution is 2.33. The van der Waals surface area contributed by atoms with Crippen LogP contribution >= 0.6 is 0 Å². The number of rotatable bonds is 4. The Morgan fingerprint density at radius 1 is 0.893 bits per heavy atom. The van der Waals surface area contributed by atoms with Gasteiger partial charge in [0, 0.05) is 68.6 Å². The molecule has 2 saturated heterocycles. The zero-order valence-electron chi connectivity index (χ0n) is 17.0. The zero-order chi connectivity index (χ0) is 18.9. The van der Waals surface area contributed by atoms with Gasteiger partial charge < -0.3 is 9.64 Å². The topological polar surface area (TPSA) is 31.8 Å². The maximum atomic E-state index is 5.43. The molecule has 0 spiro atoms. The van der Waals surface area contributed by atoms with E-state index in [-0.39, 0.29) is 0 Å². The molecule has 0 amide bonds. The number of nitrogens with zero attached hydrogens (tertiary/aromatic N) is 4. The highest BCUT2D eigenvalue weighted by Gasteiger charge is 2.35. The Kier molecular flexibility index (Phi) is 5.12. The summed E-state index contributed by atoms with van der Waals surface area (Å²) in [5, 5.41) is 1.20. The van der Waals surface area contributed by atoms with Crippen LogP contribution in [-0.4, -0.2) is 73.2 Å². The lowest BCUT2D eigenvalue weighted by Gasteiger charge is -2.50. The average Bonchev–Trinajstić information content (AvgIpc) is 2.73. The van der Waals surface area contributed by atoms with Crippen LogP contribution in [0, 0.1) is 0 Å². The van der Waals surface area contributed by atoms with Gasteiger partial charge in [0.25, 0.3) is 0 Å². The molecule has 0 N–H and O–H groups in total. The van der Waals surface area contributed by atoms with E-state index in [1.807, 2.05) is 12.3 Å². The third-order valence-corrected chi connectivity index (χ3v) is 7.09. The molecule has 1 aromatic carbocycles. The van der Waals surface area contributed by atoms with Crippen LogP contribution in [0.2, 0.25) is 0 Å². The summed E-state index contributed by atoms with van der Waals surface area (Å²) >= 11 is 0. The highest BCUT2D eigenvalue weighted by molar-refractivity contribution is 5.93. The lowest BCUT2D eigenvalue weighted by molar-refractivity contribution is 0.0489. The number of anilines is 1. The Morgan fingerprint density at radius 2 is 1.61 bits per heavy atom. The van der Waals surface area contributed by atoms with Gasteiger partial charge >= 0.3 is 0 Å². The second-order valence-corrected chi connectivity index (χ2v) is 8.64. The lowest BCUT2D eigenvalue weighted by Crippen LogP contribution is -2.64. The second-order valence-electron chi connectivity index (χ2n) is 8.64. The van der Waals surface area contributed by atoms with Crippen molar-refractivity contribution < 1.29 is 4.74 Å². The number of pyridine rings is 1. The maximum absolute atomic E-state index is 5.43. The first kappa shape index (κ1) is 18.2. The molecule has 0 radical (unpaired) electrons. The van der Waals surface area contributed by atoms with Crippen molar-refractivity contribution >= 4 is 16.6 Å². The van der Waals surface area contributed by atoms with Crippen molar-refractivity contribution in [2.24, 2.45) is 0 Å². The van der Waals surface area contributed by atoms with Gasteiger partial charge in [-0.05, 0) is 37.1 Å². The molecule has 2 aromatic rings. The SMILES string of the molecule is COc1ccc2nccc(N3CC(N4CCN(C5CCCCC5)CC4)C3)c2c1. The zero-order valence-corrected chi connectivity index (χ0v) is 17.0. The van der Waals surface area contributed by atoms with Gasteiger partial charge in [0.1, 0.15) is 5.75 Å². The van der Waals surface area contributed by atoms with Gasteiger partial charge in [-0.3, -0.25) is 14.8 Å². The minimum absolute atomic E-state index is 0.697. The molecule has 3 aliphatic rings. The summed E-state index contributed by atoms with van der Waals surface area (Å²) < 4.78 is 5.43. The van der Waals surface area contributed by atoms with Crippen molar-refractivity contribution in [3.05, 3.63) is 30.5 Å². The molecule has 1 aromatic heterocycles. The number of hydrogen-bond donors (Lipinski definition) is 0. The van der Waals surface area contributed by atoms with Crippen LogP contribution < -0.4 is 9.64 Å². The monoisotopic (exact) mass is 380 g/mol. The van der Waals surface area contributed by atoms with E-state index in [0.717, 1.165) is 30.4 Å². The first-order chi connectivity index (χ1) is 13.8. The van der Waals surface area contributed by atoms with Crippen LogP contribution in [0.3, 0.4) is 0 Å². The molecule has 5 heteroatoms. The number of aromatic nitrogens is 1. The van der Waals surface area contributed by atoms with Crippen molar-refractivity contribution in [2.45, 2.75) is 44.2 Å². The van der Waals surface area contributed by atoms with Crippen LogP contribution in [0.4, 0.5) is 5.69 Å². The first-order valence-corrected chi connectivity index (χ1v) is 11.0. The Bertz CT molecular complexity index is 805. The van der Waals surface area contributed by atoms with Crippen LogP contribution in [0.1, 0.15) is 32.1 Å². The molecule has 0 atom stereocenters. The lowest BCUT2D eigenvalue weighted by atomic mass is 9.93. The van der Waals surface area contributed by atoms with E-state index in [0.29, 0.717) is 6.04 Å². The van der Waals surface area contributed by atoms with E-state index in [2.05, 4.69) is 37.9 Å². The Balaban J connectivity index is 1.20. The number of benzene rings is 1. The number of piperazine rings is 1. The summed E-state index contributed by atoms with van der Waals surface area (Å²) in [5.41, 5.74) is 2.34. The van der Waals surface area contributed by atoms with Crippen molar-refractivity contribution in [2.75, 3.05) is 51.3 Å². The maximum Gasteiger partial charge on any atom is 0.119 e. The molecule has 1 saturated carbocycles. The van der Waals surface area contributed by atoms with Crippen LogP contribution in [-0.2, 0) is 0 Å². The van der Waals surface area contributed by atoms with E-state index in [4.69, 9.17) is 4.74 Å². The molecule has 1 aliphatic carbocycles. The summed E-state index contributed by atoms with van der Waals surface area (Å²) in [6, 6.07) is 9.88.